The summed E-state index contributed by atoms with van der Waals surface area (Å²) in [5.41, 5.74) is 3.21. The standard InChI is InChI=1S/C20H26N2O5S/c1-5-26-17-8-10-18(11-9-17)27-15(4)20(23)21-22-28(24,25)19-12-6-16(7-13-19)14(2)3/h6-15,22H,5H2,1-4H3,(H,21,23)/t15-/m1/s1. The average Bonchev–Trinajstić information content (AvgIpc) is 2.68. The Morgan fingerprint density at radius 2 is 1.54 bits per heavy atom. The summed E-state index contributed by atoms with van der Waals surface area (Å²) in [4.78, 5) is 14.3. The van der Waals surface area contributed by atoms with Crippen LogP contribution in [-0.2, 0) is 14.8 Å². The fourth-order valence-corrected chi connectivity index (χ4v) is 3.20. The van der Waals surface area contributed by atoms with Crippen LogP contribution < -0.4 is 19.7 Å². The first-order chi connectivity index (χ1) is 13.2. The van der Waals surface area contributed by atoms with Crippen molar-refractivity contribution < 1.29 is 22.7 Å². The number of hydrogen-bond acceptors (Lipinski definition) is 5. The zero-order valence-corrected chi connectivity index (χ0v) is 17.2. The molecular weight excluding hydrogens is 380 g/mol. The molecule has 0 aromatic heterocycles. The van der Waals surface area contributed by atoms with E-state index in [1.165, 1.54) is 19.1 Å². The van der Waals surface area contributed by atoms with Gasteiger partial charge in [0, 0.05) is 0 Å². The maximum atomic E-state index is 12.3. The smallest absolute Gasteiger partial charge is 0.275 e. The molecule has 0 aliphatic heterocycles. The average molecular weight is 407 g/mol. The van der Waals surface area contributed by atoms with Gasteiger partial charge in [0.05, 0.1) is 11.5 Å². The van der Waals surface area contributed by atoms with Crippen molar-refractivity contribution in [2.75, 3.05) is 6.61 Å². The van der Waals surface area contributed by atoms with Crippen molar-refractivity contribution in [2.45, 2.75) is 44.6 Å². The Morgan fingerprint density at radius 1 is 0.964 bits per heavy atom. The lowest BCUT2D eigenvalue weighted by Crippen LogP contribution is -2.47. The highest BCUT2D eigenvalue weighted by atomic mass is 32.2. The fourth-order valence-electron chi connectivity index (χ4n) is 2.35. The zero-order valence-electron chi connectivity index (χ0n) is 16.4. The largest absolute Gasteiger partial charge is 0.494 e. The molecule has 0 saturated carbocycles. The molecule has 28 heavy (non-hydrogen) atoms. The summed E-state index contributed by atoms with van der Waals surface area (Å²) < 4.78 is 35.5. The molecule has 2 N–H and O–H groups in total. The SMILES string of the molecule is CCOc1ccc(O[C@H](C)C(=O)NNS(=O)(=O)c2ccc(C(C)C)cc2)cc1. The van der Waals surface area contributed by atoms with Gasteiger partial charge in [-0.1, -0.05) is 26.0 Å². The summed E-state index contributed by atoms with van der Waals surface area (Å²) in [5.74, 6) is 0.850. The number of amides is 1. The van der Waals surface area contributed by atoms with Crippen molar-refractivity contribution in [3.8, 4) is 11.5 Å². The highest BCUT2D eigenvalue weighted by Gasteiger charge is 2.19. The minimum absolute atomic E-state index is 0.0669. The molecule has 0 spiro atoms. The lowest BCUT2D eigenvalue weighted by atomic mass is 10.0. The van der Waals surface area contributed by atoms with Gasteiger partial charge in [-0.2, -0.15) is 0 Å². The molecule has 152 valence electrons. The van der Waals surface area contributed by atoms with Crippen LogP contribution in [0.5, 0.6) is 11.5 Å². The van der Waals surface area contributed by atoms with Gasteiger partial charge >= 0.3 is 0 Å². The number of rotatable bonds is 9. The number of benzene rings is 2. The molecular formula is C20H26N2O5S. The maximum Gasteiger partial charge on any atom is 0.275 e. The van der Waals surface area contributed by atoms with Crippen molar-refractivity contribution >= 4 is 15.9 Å². The monoisotopic (exact) mass is 406 g/mol. The van der Waals surface area contributed by atoms with Gasteiger partial charge in [-0.05, 0) is 61.7 Å². The zero-order chi connectivity index (χ0) is 20.7. The first kappa shape index (κ1) is 21.7. The number of hydrogen-bond donors (Lipinski definition) is 2. The van der Waals surface area contributed by atoms with E-state index in [2.05, 4.69) is 10.3 Å². The molecule has 0 aliphatic rings. The van der Waals surface area contributed by atoms with Crippen molar-refractivity contribution in [3.05, 3.63) is 54.1 Å². The third kappa shape index (κ3) is 5.97. The lowest BCUT2D eigenvalue weighted by molar-refractivity contribution is -0.127. The molecule has 2 aromatic rings. The van der Waals surface area contributed by atoms with Gasteiger partial charge in [0.25, 0.3) is 15.9 Å². The van der Waals surface area contributed by atoms with E-state index < -0.39 is 22.0 Å². The summed E-state index contributed by atoms with van der Waals surface area (Å²) in [6.45, 7) is 8.01. The van der Waals surface area contributed by atoms with E-state index in [4.69, 9.17) is 9.47 Å². The number of carbonyl (C=O) groups excluding carboxylic acids is 1. The molecule has 0 fully saturated rings. The van der Waals surface area contributed by atoms with Crippen LogP contribution in [0.2, 0.25) is 0 Å². The quantitative estimate of drug-likeness (QED) is 0.625. The van der Waals surface area contributed by atoms with E-state index in [0.29, 0.717) is 24.0 Å². The van der Waals surface area contributed by atoms with E-state index in [9.17, 15) is 13.2 Å². The fraction of sp³-hybridized carbons (Fsp3) is 0.350. The Labute approximate surface area is 166 Å². The molecule has 0 heterocycles. The molecule has 8 heteroatoms. The van der Waals surface area contributed by atoms with Crippen LogP contribution in [-0.4, -0.2) is 27.0 Å². The highest BCUT2D eigenvalue weighted by Crippen LogP contribution is 2.19. The normalized spacial score (nSPS) is 12.5. The Bertz CT molecular complexity index is 878. The molecule has 2 rings (SSSR count). The molecule has 0 unspecified atom stereocenters. The maximum absolute atomic E-state index is 12.3. The topological polar surface area (TPSA) is 93.7 Å². The number of ether oxygens (including phenoxy) is 2. The Kier molecular flexibility index (Phi) is 7.42. The Morgan fingerprint density at radius 3 is 2.07 bits per heavy atom. The number of nitrogens with one attached hydrogen (secondary N) is 2. The van der Waals surface area contributed by atoms with E-state index >= 15 is 0 Å². The molecule has 7 nitrogen and oxygen atoms in total. The first-order valence-corrected chi connectivity index (χ1v) is 10.5. The summed E-state index contributed by atoms with van der Waals surface area (Å²) in [5, 5.41) is 0. The molecule has 0 radical (unpaired) electrons. The second-order valence-electron chi connectivity index (χ2n) is 6.48. The van der Waals surface area contributed by atoms with Gasteiger partial charge in [-0.3, -0.25) is 10.2 Å². The van der Waals surface area contributed by atoms with E-state index in [1.807, 2.05) is 20.8 Å². The van der Waals surface area contributed by atoms with Crippen LogP contribution in [0.3, 0.4) is 0 Å². The van der Waals surface area contributed by atoms with E-state index in [1.54, 1.807) is 36.4 Å². The second-order valence-corrected chi connectivity index (χ2v) is 8.17. The second kappa shape index (κ2) is 9.57. The third-order valence-electron chi connectivity index (χ3n) is 3.98. The first-order valence-electron chi connectivity index (χ1n) is 9.04. The van der Waals surface area contributed by atoms with E-state index in [0.717, 1.165) is 5.56 Å². The summed E-state index contributed by atoms with van der Waals surface area (Å²) in [6.07, 6.45) is -0.899. The van der Waals surface area contributed by atoms with Gasteiger partial charge in [0.2, 0.25) is 0 Å². The summed E-state index contributed by atoms with van der Waals surface area (Å²) >= 11 is 0. The highest BCUT2D eigenvalue weighted by molar-refractivity contribution is 7.89. The van der Waals surface area contributed by atoms with Crippen molar-refractivity contribution in [1.82, 2.24) is 10.3 Å². The van der Waals surface area contributed by atoms with Crippen LogP contribution in [0.4, 0.5) is 0 Å². The third-order valence-corrected chi connectivity index (χ3v) is 5.25. The molecule has 1 atom stereocenters. The number of carbonyl (C=O) groups is 1. The van der Waals surface area contributed by atoms with Gasteiger partial charge in [0.15, 0.2) is 6.10 Å². The van der Waals surface area contributed by atoms with Crippen LogP contribution in [0.15, 0.2) is 53.4 Å². The molecule has 0 bridgehead atoms. The van der Waals surface area contributed by atoms with Crippen molar-refractivity contribution in [1.29, 1.82) is 0 Å². The molecule has 2 aromatic carbocycles. The Hall–Kier alpha value is -2.58. The minimum Gasteiger partial charge on any atom is -0.494 e. The van der Waals surface area contributed by atoms with Crippen LogP contribution in [0.1, 0.15) is 39.2 Å². The lowest BCUT2D eigenvalue weighted by Gasteiger charge is -2.16. The minimum atomic E-state index is -3.87. The van der Waals surface area contributed by atoms with Gasteiger partial charge in [-0.25, -0.2) is 8.42 Å². The van der Waals surface area contributed by atoms with Crippen LogP contribution in [0.25, 0.3) is 0 Å². The van der Waals surface area contributed by atoms with Crippen molar-refractivity contribution in [3.63, 3.8) is 0 Å². The number of sulfonamides is 1. The van der Waals surface area contributed by atoms with Gasteiger partial charge in [0.1, 0.15) is 11.5 Å². The Balaban J connectivity index is 1.92. The predicted octanol–water partition coefficient (Wildman–Crippen LogP) is 2.99. The predicted molar refractivity (Wildman–Crippen MR) is 107 cm³/mol. The summed E-state index contributed by atoms with van der Waals surface area (Å²) in [6, 6.07) is 13.3. The molecule has 0 saturated heterocycles. The van der Waals surface area contributed by atoms with E-state index in [-0.39, 0.29) is 4.90 Å². The molecule has 1 amide bonds. The number of hydrazine groups is 1. The van der Waals surface area contributed by atoms with Gasteiger partial charge < -0.3 is 9.47 Å². The van der Waals surface area contributed by atoms with Crippen LogP contribution >= 0.6 is 0 Å². The molecule has 0 aliphatic carbocycles. The van der Waals surface area contributed by atoms with Gasteiger partial charge in [-0.15, -0.1) is 4.83 Å². The summed E-state index contributed by atoms with van der Waals surface area (Å²) in [7, 11) is -3.87. The van der Waals surface area contributed by atoms with Crippen LogP contribution in [0, 0.1) is 0 Å². The van der Waals surface area contributed by atoms with Crippen molar-refractivity contribution in [2.24, 2.45) is 0 Å².